The molecule has 0 spiro atoms. The monoisotopic (exact) mass is 279 g/mol. The van der Waals surface area contributed by atoms with Crippen LogP contribution in [-0.2, 0) is 0 Å². The minimum atomic E-state index is 0.318. The Kier molecular flexibility index (Phi) is 5.72. The average molecular weight is 280 g/mol. The Morgan fingerprint density at radius 3 is 2.95 bits per heavy atom. The molecule has 19 heavy (non-hydrogen) atoms. The summed E-state index contributed by atoms with van der Waals surface area (Å²) in [4.78, 5) is 0. The predicted octanol–water partition coefficient (Wildman–Crippen LogP) is 4.31. The summed E-state index contributed by atoms with van der Waals surface area (Å²) in [5, 5.41) is 3.92. The maximum absolute atomic E-state index is 6.53. The molecule has 4 atom stereocenters. The fourth-order valence-electron chi connectivity index (χ4n) is 3.33. The lowest BCUT2D eigenvalue weighted by molar-refractivity contribution is 0.399. The lowest BCUT2D eigenvalue weighted by atomic mass is 9.98. The molecule has 0 radical (unpaired) electrons. The van der Waals surface area contributed by atoms with Gasteiger partial charge in [0.15, 0.2) is 0 Å². The molecule has 1 N–H and O–H groups in total. The molecule has 2 aliphatic carbocycles. The Morgan fingerprint density at radius 2 is 2.26 bits per heavy atom. The molecule has 0 aromatic heterocycles. The first-order valence-corrected chi connectivity index (χ1v) is 7.97. The molecule has 0 aromatic rings. The molecule has 0 bridgehead atoms. The van der Waals surface area contributed by atoms with Crippen LogP contribution in [0.4, 0.5) is 0 Å². The molecule has 1 saturated carbocycles. The van der Waals surface area contributed by atoms with Crippen molar-refractivity contribution in [3.8, 4) is 0 Å². The molecule has 0 aromatic carbocycles. The number of rotatable bonds is 6. The summed E-state index contributed by atoms with van der Waals surface area (Å²) in [5.74, 6) is 1.94. The van der Waals surface area contributed by atoms with Crippen LogP contribution in [0.5, 0.6) is 0 Å². The Balaban J connectivity index is 1.75. The van der Waals surface area contributed by atoms with E-state index in [1.807, 2.05) is 6.08 Å². The van der Waals surface area contributed by atoms with Gasteiger partial charge in [0.1, 0.15) is 0 Å². The van der Waals surface area contributed by atoms with Crippen LogP contribution in [0.15, 0.2) is 36.5 Å². The van der Waals surface area contributed by atoms with Gasteiger partial charge in [-0.25, -0.2) is 0 Å². The molecule has 0 aliphatic heterocycles. The van der Waals surface area contributed by atoms with Crippen molar-refractivity contribution in [2.45, 2.75) is 38.0 Å². The zero-order valence-corrected chi connectivity index (χ0v) is 12.7. The van der Waals surface area contributed by atoms with Crippen LogP contribution in [0.2, 0.25) is 0 Å². The Labute approximate surface area is 122 Å². The van der Waals surface area contributed by atoms with Gasteiger partial charge in [0.2, 0.25) is 0 Å². The van der Waals surface area contributed by atoms with Crippen molar-refractivity contribution >= 4 is 11.6 Å². The SMILES string of the molecule is C=CCC1CC(CNCC2=CCCC=C2)C(C)C1Cl. The van der Waals surface area contributed by atoms with E-state index in [0.717, 1.165) is 19.5 Å². The van der Waals surface area contributed by atoms with E-state index in [1.54, 1.807) is 0 Å². The second-order valence-electron chi connectivity index (χ2n) is 5.97. The Morgan fingerprint density at radius 1 is 1.42 bits per heavy atom. The predicted molar refractivity (Wildman–Crippen MR) is 84.5 cm³/mol. The summed E-state index contributed by atoms with van der Waals surface area (Å²) in [5.41, 5.74) is 1.43. The van der Waals surface area contributed by atoms with E-state index in [2.05, 4.69) is 37.0 Å². The number of alkyl halides is 1. The summed E-state index contributed by atoms with van der Waals surface area (Å²) in [6.45, 7) is 8.23. The maximum Gasteiger partial charge on any atom is 0.0396 e. The van der Waals surface area contributed by atoms with Crippen molar-refractivity contribution in [1.82, 2.24) is 5.32 Å². The van der Waals surface area contributed by atoms with Crippen molar-refractivity contribution in [2.75, 3.05) is 13.1 Å². The standard InChI is InChI=1S/C17H26ClN/c1-3-7-15-10-16(13(2)17(15)18)12-19-11-14-8-5-4-6-9-14/h3,5,8-9,13,15-17,19H,1,4,6-7,10-12H2,2H3. The second-order valence-corrected chi connectivity index (χ2v) is 6.48. The van der Waals surface area contributed by atoms with E-state index in [9.17, 15) is 0 Å². The average Bonchev–Trinajstić information content (AvgIpc) is 2.69. The van der Waals surface area contributed by atoms with E-state index in [4.69, 9.17) is 11.6 Å². The fourth-order valence-corrected chi connectivity index (χ4v) is 3.74. The first-order chi connectivity index (χ1) is 9.22. The van der Waals surface area contributed by atoms with Crippen LogP contribution in [-0.4, -0.2) is 18.5 Å². The lowest BCUT2D eigenvalue weighted by Crippen LogP contribution is -2.27. The van der Waals surface area contributed by atoms with Crippen molar-refractivity contribution in [3.63, 3.8) is 0 Å². The van der Waals surface area contributed by atoms with Gasteiger partial charge in [0, 0.05) is 11.9 Å². The first-order valence-electron chi connectivity index (χ1n) is 7.53. The molecule has 1 nitrogen and oxygen atoms in total. The zero-order chi connectivity index (χ0) is 13.7. The van der Waals surface area contributed by atoms with Crippen LogP contribution in [0.1, 0.15) is 32.6 Å². The highest BCUT2D eigenvalue weighted by Crippen LogP contribution is 2.41. The first kappa shape index (κ1) is 14.9. The van der Waals surface area contributed by atoms with Gasteiger partial charge in [-0.05, 0) is 55.6 Å². The van der Waals surface area contributed by atoms with Crippen molar-refractivity contribution in [3.05, 3.63) is 36.5 Å². The molecule has 2 aliphatic rings. The summed E-state index contributed by atoms with van der Waals surface area (Å²) >= 11 is 6.53. The van der Waals surface area contributed by atoms with Gasteiger partial charge >= 0.3 is 0 Å². The van der Waals surface area contributed by atoms with Crippen molar-refractivity contribution < 1.29 is 0 Å². The molecule has 1 fully saturated rings. The molecule has 2 heteroatoms. The molecule has 2 rings (SSSR count). The van der Waals surface area contributed by atoms with Crippen molar-refractivity contribution in [2.24, 2.45) is 17.8 Å². The largest absolute Gasteiger partial charge is 0.312 e. The molecule has 0 heterocycles. The second kappa shape index (κ2) is 7.31. The van der Waals surface area contributed by atoms with Crippen LogP contribution in [0.3, 0.4) is 0 Å². The third kappa shape index (κ3) is 3.97. The Bertz CT molecular complexity index is 358. The number of allylic oxidation sites excluding steroid dienone is 3. The van der Waals surface area contributed by atoms with E-state index in [0.29, 0.717) is 23.1 Å². The number of halogens is 1. The summed E-state index contributed by atoms with van der Waals surface area (Å²) in [6, 6.07) is 0. The maximum atomic E-state index is 6.53. The minimum Gasteiger partial charge on any atom is -0.312 e. The van der Waals surface area contributed by atoms with Gasteiger partial charge in [-0.15, -0.1) is 18.2 Å². The number of nitrogens with one attached hydrogen (secondary N) is 1. The summed E-state index contributed by atoms with van der Waals surface area (Å²) in [6.07, 6.45) is 13.6. The highest BCUT2D eigenvalue weighted by atomic mass is 35.5. The lowest BCUT2D eigenvalue weighted by Gasteiger charge is -2.18. The van der Waals surface area contributed by atoms with Crippen LogP contribution in [0.25, 0.3) is 0 Å². The third-order valence-corrected chi connectivity index (χ3v) is 5.33. The van der Waals surface area contributed by atoms with Gasteiger partial charge < -0.3 is 5.32 Å². The van der Waals surface area contributed by atoms with Crippen molar-refractivity contribution in [1.29, 1.82) is 0 Å². The van der Waals surface area contributed by atoms with Crippen LogP contribution < -0.4 is 5.32 Å². The van der Waals surface area contributed by atoms with Crippen LogP contribution in [0, 0.1) is 17.8 Å². The van der Waals surface area contributed by atoms with Gasteiger partial charge in [0.25, 0.3) is 0 Å². The zero-order valence-electron chi connectivity index (χ0n) is 11.9. The molecule has 0 amide bonds. The summed E-state index contributed by atoms with van der Waals surface area (Å²) in [7, 11) is 0. The van der Waals surface area contributed by atoms with E-state index >= 15 is 0 Å². The van der Waals surface area contributed by atoms with Gasteiger partial charge in [-0.2, -0.15) is 0 Å². The smallest absolute Gasteiger partial charge is 0.0396 e. The highest BCUT2D eigenvalue weighted by molar-refractivity contribution is 6.21. The fraction of sp³-hybridized carbons (Fsp3) is 0.647. The molecular weight excluding hydrogens is 254 g/mol. The van der Waals surface area contributed by atoms with E-state index < -0.39 is 0 Å². The highest BCUT2D eigenvalue weighted by Gasteiger charge is 2.38. The van der Waals surface area contributed by atoms with Gasteiger partial charge in [-0.1, -0.05) is 31.2 Å². The molecule has 4 unspecified atom stereocenters. The van der Waals surface area contributed by atoms with Crippen LogP contribution >= 0.6 is 11.6 Å². The minimum absolute atomic E-state index is 0.318. The van der Waals surface area contributed by atoms with E-state index in [-0.39, 0.29) is 0 Å². The Hall–Kier alpha value is -0.530. The molecule has 106 valence electrons. The van der Waals surface area contributed by atoms with Gasteiger partial charge in [0.05, 0.1) is 0 Å². The number of hydrogen-bond acceptors (Lipinski definition) is 1. The third-order valence-electron chi connectivity index (χ3n) is 4.58. The topological polar surface area (TPSA) is 12.0 Å². The molecular formula is C17H26ClN. The van der Waals surface area contributed by atoms with E-state index in [1.165, 1.54) is 24.8 Å². The normalized spacial score (nSPS) is 34.3. The number of hydrogen-bond donors (Lipinski definition) is 1. The molecule has 0 saturated heterocycles. The summed E-state index contributed by atoms with van der Waals surface area (Å²) < 4.78 is 0. The van der Waals surface area contributed by atoms with Gasteiger partial charge in [-0.3, -0.25) is 0 Å². The quantitative estimate of drug-likeness (QED) is 0.564.